The van der Waals surface area contributed by atoms with Crippen molar-refractivity contribution in [3.05, 3.63) is 12.2 Å². The number of carbonyl (C=O) groups is 1. The van der Waals surface area contributed by atoms with E-state index in [0.29, 0.717) is 6.42 Å². The summed E-state index contributed by atoms with van der Waals surface area (Å²) in [4.78, 5) is 10.9. The maximum Gasteiger partial charge on any atom is 0.305 e. The van der Waals surface area contributed by atoms with Gasteiger partial charge in [0.25, 0.3) is 0 Å². The first-order chi connectivity index (χ1) is 10.7. The minimum Gasteiger partial charge on any atom is -0.469 e. The third-order valence-electron chi connectivity index (χ3n) is 3.95. The number of ether oxygens (including phenoxy) is 1. The van der Waals surface area contributed by atoms with E-state index < -0.39 is 0 Å². The van der Waals surface area contributed by atoms with Crippen molar-refractivity contribution in [2.75, 3.05) is 7.11 Å². The van der Waals surface area contributed by atoms with E-state index in [1.165, 1.54) is 39.2 Å². The minimum atomic E-state index is -0.143. The first-order valence-corrected chi connectivity index (χ1v) is 9.10. The number of methoxy groups -OCH3 is 1. The van der Waals surface area contributed by atoms with E-state index in [-0.39, 0.29) is 12.1 Å². The Hall–Kier alpha value is -0.830. The van der Waals surface area contributed by atoms with Gasteiger partial charge in [-0.25, -0.2) is 0 Å². The summed E-state index contributed by atoms with van der Waals surface area (Å²) in [7, 11) is 1.43. The second-order valence-electron chi connectivity index (χ2n) is 6.08. The lowest BCUT2D eigenvalue weighted by atomic mass is 10.0. The lowest BCUT2D eigenvalue weighted by molar-refractivity contribution is -0.140. The lowest BCUT2D eigenvalue weighted by Crippen LogP contribution is -2.05. The highest BCUT2D eigenvalue weighted by molar-refractivity contribution is 5.68. The van der Waals surface area contributed by atoms with Crippen molar-refractivity contribution in [1.29, 1.82) is 0 Å². The summed E-state index contributed by atoms with van der Waals surface area (Å²) in [6, 6.07) is 0. The quantitative estimate of drug-likeness (QED) is 0.258. The molecule has 0 aliphatic heterocycles. The van der Waals surface area contributed by atoms with E-state index >= 15 is 0 Å². The van der Waals surface area contributed by atoms with Crippen molar-refractivity contribution >= 4 is 5.97 Å². The molecule has 0 aliphatic carbocycles. The Kier molecular flexibility index (Phi) is 15.9. The molecule has 1 atom stereocenters. The zero-order valence-corrected chi connectivity index (χ0v) is 14.7. The fourth-order valence-corrected chi connectivity index (χ4v) is 2.46. The van der Waals surface area contributed by atoms with Gasteiger partial charge < -0.3 is 9.84 Å². The van der Waals surface area contributed by atoms with E-state index in [0.717, 1.165) is 44.9 Å². The Morgan fingerprint density at radius 3 is 2.36 bits per heavy atom. The van der Waals surface area contributed by atoms with Gasteiger partial charge in [-0.05, 0) is 38.5 Å². The molecule has 0 aliphatic rings. The summed E-state index contributed by atoms with van der Waals surface area (Å²) in [6.45, 7) is 2.23. The van der Waals surface area contributed by atoms with Gasteiger partial charge in [-0.3, -0.25) is 4.79 Å². The molecule has 3 heteroatoms. The molecule has 0 bridgehead atoms. The van der Waals surface area contributed by atoms with Gasteiger partial charge in [-0.15, -0.1) is 0 Å². The van der Waals surface area contributed by atoms with Crippen LogP contribution in [0.3, 0.4) is 0 Å². The van der Waals surface area contributed by atoms with Crippen LogP contribution in [0.1, 0.15) is 90.4 Å². The standard InChI is InChI=1S/C19H36O3/c1-3-4-5-6-9-12-15-18(20)16-13-10-7-8-11-14-17-19(21)22-2/h7,10,18,20H,3-6,8-9,11-17H2,1-2H3. The van der Waals surface area contributed by atoms with Gasteiger partial charge in [0.1, 0.15) is 0 Å². The molecule has 0 amide bonds. The SMILES string of the molecule is CCCCCCCCC(O)CCC=CCCCCC(=O)OC. The molecular weight excluding hydrogens is 276 g/mol. The summed E-state index contributed by atoms with van der Waals surface area (Å²) < 4.78 is 4.60. The van der Waals surface area contributed by atoms with Gasteiger partial charge >= 0.3 is 5.97 Å². The Labute approximate surface area is 137 Å². The number of aliphatic hydroxyl groups is 1. The van der Waals surface area contributed by atoms with Crippen molar-refractivity contribution in [3.63, 3.8) is 0 Å². The van der Waals surface area contributed by atoms with Crippen LogP contribution in [0.4, 0.5) is 0 Å². The number of rotatable bonds is 15. The average molecular weight is 312 g/mol. The molecule has 0 saturated heterocycles. The van der Waals surface area contributed by atoms with Crippen LogP contribution >= 0.6 is 0 Å². The van der Waals surface area contributed by atoms with Gasteiger partial charge in [-0.2, -0.15) is 0 Å². The number of aliphatic hydroxyl groups excluding tert-OH is 1. The summed E-state index contributed by atoms with van der Waals surface area (Å²) in [5.74, 6) is -0.123. The van der Waals surface area contributed by atoms with Gasteiger partial charge in [0, 0.05) is 6.42 Å². The molecule has 0 radical (unpaired) electrons. The Morgan fingerprint density at radius 1 is 0.955 bits per heavy atom. The molecule has 1 N–H and O–H groups in total. The van der Waals surface area contributed by atoms with Crippen LogP contribution in [0.5, 0.6) is 0 Å². The number of hydrogen-bond donors (Lipinski definition) is 1. The molecule has 0 rings (SSSR count). The summed E-state index contributed by atoms with van der Waals surface area (Å²) in [5, 5.41) is 9.90. The highest BCUT2D eigenvalue weighted by Gasteiger charge is 2.02. The molecule has 0 saturated carbocycles. The van der Waals surface area contributed by atoms with Crippen LogP contribution in [-0.2, 0) is 9.53 Å². The van der Waals surface area contributed by atoms with Gasteiger partial charge in [0.05, 0.1) is 13.2 Å². The maximum absolute atomic E-state index is 10.9. The van der Waals surface area contributed by atoms with Crippen LogP contribution in [-0.4, -0.2) is 24.3 Å². The fourth-order valence-electron chi connectivity index (χ4n) is 2.46. The van der Waals surface area contributed by atoms with E-state index in [2.05, 4.69) is 23.8 Å². The monoisotopic (exact) mass is 312 g/mol. The molecule has 130 valence electrons. The highest BCUT2D eigenvalue weighted by atomic mass is 16.5. The van der Waals surface area contributed by atoms with Crippen molar-refractivity contribution in [3.8, 4) is 0 Å². The normalized spacial score (nSPS) is 12.7. The zero-order chi connectivity index (χ0) is 16.5. The highest BCUT2D eigenvalue weighted by Crippen LogP contribution is 2.11. The molecular formula is C19H36O3. The first-order valence-electron chi connectivity index (χ1n) is 9.10. The van der Waals surface area contributed by atoms with E-state index in [1.54, 1.807) is 0 Å². The van der Waals surface area contributed by atoms with Crippen LogP contribution in [0.2, 0.25) is 0 Å². The number of hydrogen-bond acceptors (Lipinski definition) is 3. The Balaban J connectivity index is 3.31. The predicted molar refractivity (Wildman–Crippen MR) is 92.9 cm³/mol. The minimum absolute atomic E-state index is 0.123. The predicted octanol–water partition coefficient (Wildman–Crippen LogP) is 5.17. The number of unbranched alkanes of at least 4 members (excludes halogenated alkanes) is 7. The van der Waals surface area contributed by atoms with Crippen molar-refractivity contribution < 1.29 is 14.6 Å². The number of allylic oxidation sites excluding steroid dienone is 2. The van der Waals surface area contributed by atoms with E-state index in [1.807, 2.05) is 0 Å². The largest absolute Gasteiger partial charge is 0.469 e. The average Bonchev–Trinajstić information content (AvgIpc) is 2.52. The molecule has 0 spiro atoms. The molecule has 22 heavy (non-hydrogen) atoms. The molecule has 0 aromatic carbocycles. The second-order valence-corrected chi connectivity index (χ2v) is 6.08. The van der Waals surface area contributed by atoms with Crippen molar-refractivity contribution in [2.45, 2.75) is 96.5 Å². The van der Waals surface area contributed by atoms with Crippen LogP contribution in [0.25, 0.3) is 0 Å². The summed E-state index contributed by atoms with van der Waals surface area (Å²) >= 11 is 0. The van der Waals surface area contributed by atoms with Crippen molar-refractivity contribution in [2.24, 2.45) is 0 Å². The summed E-state index contributed by atoms with van der Waals surface area (Å²) in [6.07, 6.45) is 18.1. The third-order valence-corrected chi connectivity index (χ3v) is 3.95. The van der Waals surface area contributed by atoms with Gasteiger partial charge in [0.15, 0.2) is 0 Å². The van der Waals surface area contributed by atoms with Crippen molar-refractivity contribution in [1.82, 2.24) is 0 Å². The fraction of sp³-hybridized carbons (Fsp3) is 0.842. The lowest BCUT2D eigenvalue weighted by Gasteiger charge is -2.08. The first kappa shape index (κ1) is 21.2. The molecule has 1 unspecified atom stereocenters. The van der Waals surface area contributed by atoms with Crippen LogP contribution < -0.4 is 0 Å². The zero-order valence-electron chi connectivity index (χ0n) is 14.7. The third kappa shape index (κ3) is 15.6. The Bertz CT molecular complexity index is 274. The number of carbonyl (C=O) groups excluding carboxylic acids is 1. The maximum atomic E-state index is 10.9. The van der Waals surface area contributed by atoms with Crippen LogP contribution in [0, 0.1) is 0 Å². The summed E-state index contributed by atoms with van der Waals surface area (Å²) in [5.41, 5.74) is 0. The van der Waals surface area contributed by atoms with E-state index in [9.17, 15) is 9.90 Å². The molecule has 0 fully saturated rings. The second kappa shape index (κ2) is 16.5. The van der Waals surface area contributed by atoms with E-state index in [4.69, 9.17) is 0 Å². The number of esters is 1. The molecule has 3 nitrogen and oxygen atoms in total. The van der Waals surface area contributed by atoms with Crippen LogP contribution in [0.15, 0.2) is 12.2 Å². The molecule has 0 aromatic heterocycles. The smallest absolute Gasteiger partial charge is 0.305 e. The van der Waals surface area contributed by atoms with Gasteiger partial charge in [0.2, 0.25) is 0 Å². The van der Waals surface area contributed by atoms with Gasteiger partial charge in [-0.1, -0.05) is 57.6 Å². The molecule has 0 aromatic rings. The Morgan fingerprint density at radius 2 is 1.64 bits per heavy atom. The topological polar surface area (TPSA) is 46.5 Å². The molecule has 0 heterocycles.